The minimum atomic E-state index is -0.495. The zero-order chi connectivity index (χ0) is 11.8. The van der Waals surface area contributed by atoms with Crippen LogP contribution in [0.15, 0.2) is 24.3 Å². The van der Waals surface area contributed by atoms with E-state index >= 15 is 0 Å². The van der Waals surface area contributed by atoms with Crippen LogP contribution in [0.4, 0.5) is 0 Å². The molecule has 0 heterocycles. The van der Waals surface area contributed by atoms with Crippen LogP contribution in [0.1, 0.15) is 13.3 Å². The van der Waals surface area contributed by atoms with E-state index in [2.05, 4.69) is 12.2 Å². The molecule has 0 amide bonds. The zero-order valence-electron chi connectivity index (χ0n) is 9.45. The SMILES string of the molecule is CCCNCC(O)COc1cccc(Cl)c1. The minimum Gasteiger partial charge on any atom is -0.491 e. The Morgan fingerprint density at radius 1 is 1.50 bits per heavy atom. The lowest BCUT2D eigenvalue weighted by atomic mass is 10.3. The minimum absolute atomic E-state index is 0.275. The van der Waals surface area contributed by atoms with Gasteiger partial charge in [0.1, 0.15) is 18.5 Å². The molecule has 0 saturated carbocycles. The second-order valence-electron chi connectivity index (χ2n) is 3.63. The van der Waals surface area contributed by atoms with Gasteiger partial charge >= 0.3 is 0 Å². The van der Waals surface area contributed by atoms with Crippen LogP contribution < -0.4 is 10.1 Å². The van der Waals surface area contributed by atoms with Crippen LogP contribution in [-0.2, 0) is 0 Å². The van der Waals surface area contributed by atoms with Gasteiger partial charge < -0.3 is 15.2 Å². The number of benzene rings is 1. The first-order valence-electron chi connectivity index (χ1n) is 5.49. The number of ether oxygens (including phenoxy) is 1. The van der Waals surface area contributed by atoms with Crippen molar-refractivity contribution in [2.24, 2.45) is 0 Å². The summed E-state index contributed by atoms with van der Waals surface area (Å²) in [5.41, 5.74) is 0. The normalized spacial score (nSPS) is 12.4. The predicted molar refractivity (Wildman–Crippen MR) is 66.1 cm³/mol. The monoisotopic (exact) mass is 243 g/mol. The van der Waals surface area contributed by atoms with Crippen LogP contribution in [-0.4, -0.2) is 30.9 Å². The predicted octanol–water partition coefficient (Wildman–Crippen LogP) is 2.08. The third kappa shape index (κ3) is 5.35. The van der Waals surface area contributed by atoms with Crippen LogP contribution in [0.3, 0.4) is 0 Å². The Bertz CT molecular complexity index is 307. The molecule has 0 aliphatic heterocycles. The molecule has 0 aromatic heterocycles. The van der Waals surface area contributed by atoms with Crippen LogP contribution >= 0.6 is 11.6 Å². The molecule has 0 spiro atoms. The molecule has 1 aromatic rings. The van der Waals surface area contributed by atoms with Crippen molar-refractivity contribution in [1.29, 1.82) is 0 Å². The van der Waals surface area contributed by atoms with Gasteiger partial charge in [-0.05, 0) is 31.2 Å². The lowest BCUT2D eigenvalue weighted by Crippen LogP contribution is -2.31. The summed E-state index contributed by atoms with van der Waals surface area (Å²) in [6, 6.07) is 7.15. The van der Waals surface area contributed by atoms with E-state index in [1.807, 2.05) is 12.1 Å². The number of rotatable bonds is 7. The van der Waals surface area contributed by atoms with E-state index in [9.17, 15) is 5.11 Å². The standard InChI is InChI=1S/C12H18ClNO2/c1-2-6-14-8-11(15)9-16-12-5-3-4-10(13)7-12/h3-5,7,11,14-15H,2,6,8-9H2,1H3. The molecule has 0 bridgehead atoms. The third-order valence-corrected chi connectivity index (χ3v) is 2.28. The Kier molecular flexibility index (Phi) is 6.23. The molecule has 90 valence electrons. The summed E-state index contributed by atoms with van der Waals surface area (Å²) in [4.78, 5) is 0. The molecule has 0 radical (unpaired) electrons. The number of hydrogen-bond donors (Lipinski definition) is 2. The zero-order valence-corrected chi connectivity index (χ0v) is 10.2. The van der Waals surface area contributed by atoms with Crippen LogP contribution in [0.2, 0.25) is 5.02 Å². The number of aliphatic hydroxyl groups is 1. The molecule has 1 rings (SSSR count). The molecule has 16 heavy (non-hydrogen) atoms. The molecular formula is C12H18ClNO2. The van der Waals surface area contributed by atoms with Gasteiger partial charge in [0.05, 0.1) is 0 Å². The molecule has 0 aliphatic rings. The Balaban J connectivity index is 2.23. The van der Waals surface area contributed by atoms with Crippen molar-refractivity contribution < 1.29 is 9.84 Å². The first kappa shape index (κ1) is 13.3. The number of nitrogens with one attached hydrogen (secondary N) is 1. The van der Waals surface area contributed by atoms with Gasteiger partial charge in [-0.2, -0.15) is 0 Å². The van der Waals surface area contributed by atoms with Crippen molar-refractivity contribution in [2.45, 2.75) is 19.4 Å². The van der Waals surface area contributed by atoms with Crippen LogP contribution in [0.25, 0.3) is 0 Å². The fourth-order valence-corrected chi connectivity index (χ4v) is 1.43. The molecule has 0 saturated heterocycles. The van der Waals surface area contributed by atoms with E-state index in [0.717, 1.165) is 13.0 Å². The molecule has 2 N–H and O–H groups in total. The molecular weight excluding hydrogens is 226 g/mol. The van der Waals surface area contributed by atoms with E-state index in [0.29, 0.717) is 17.3 Å². The Labute approximate surface area is 101 Å². The Hall–Kier alpha value is -0.770. The van der Waals surface area contributed by atoms with E-state index in [4.69, 9.17) is 16.3 Å². The second kappa shape index (κ2) is 7.49. The molecule has 3 nitrogen and oxygen atoms in total. The van der Waals surface area contributed by atoms with Crippen LogP contribution in [0, 0.1) is 0 Å². The lowest BCUT2D eigenvalue weighted by Gasteiger charge is -2.13. The summed E-state index contributed by atoms with van der Waals surface area (Å²) in [6.45, 7) is 3.82. The number of hydrogen-bond acceptors (Lipinski definition) is 3. The maximum Gasteiger partial charge on any atom is 0.120 e. The second-order valence-corrected chi connectivity index (χ2v) is 4.06. The lowest BCUT2D eigenvalue weighted by molar-refractivity contribution is 0.106. The van der Waals surface area contributed by atoms with Crippen molar-refractivity contribution in [2.75, 3.05) is 19.7 Å². The van der Waals surface area contributed by atoms with Crippen molar-refractivity contribution >= 4 is 11.6 Å². The average molecular weight is 244 g/mol. The molecule has 1 unspecified atom stereocenters. The quantitative estimate of drug-likeness (QED) is 0.721. The van der Waals surface area contributed by atoms with Gasteiger partial charge in [0.15, 0.2) is 0 Å². The molecule has 4 heteroatoms. The summed E-state index contributed by atoms with van der Waals surface area (Å²) in [7, 11) is 0. The fraction of sp³-hybridized carbons (Fsp3) is 0.500. The van der Waals surface area contributed by atoms with E-state index < -0.39 is 6.10 Å². The number of halogens is 1. The maximum absolute atomic E-state index is 9.59. The Morgan fingerprint density at radius 3 is 3.00 bits per heavy atom. The van der Waals surface area contributed by atoms with Gasteiger partial charge in [-0.15, -0.1) is 0 Å². The maximum atomic E-state index is 9.59. The van der Waals surface area contributed by atoms with E-state index in [1.165, 1.54) is 0 Å². The number of aliphatic hydroxyl groups excluding tert-OH is 1. The van der Waals surface area contributed by atoms with E-state index in [1.54, 1.807) is 12.1 Å². The summed E-state index contributed by atoms with van der Waals surface area (Å²) in [5.74, 6) is 0.682. The van der Waals surface area contributed by atoms with Crippen molar-refractivity contribution in [3.63, 3.8) is 0 Å². The van der Waals surface area contributed by atoms with Crippen molar-refractivity contribution in [1.82, 2.24) is 5.32 Å². The van der Waals surface area contributed by atoms with Gasteiger partial charge in [0.2, 0.25) is 0 Å². The Morgan fingerprint density at radius 2 is 2.31 bits per heavy atom. The summed E-state index contributed by atoms with van der Waals surface area (Å²) >= 11 is 5.81. The molecule has 0 fully saturated rings. The van der Waals surface area contributed by atoms with Gasteiger partial charge in [0.25, 0.3) is 0 Å². The summed E-state index contributed by atoms with van der Waals surface area (Å²) < 4.78 is 5.40. The first-order chi connectivity index (χ1) is 7.72. The first-order valence-corrected chi connectivity index (χ1v) is 5.87. The molecule has 1 atom stereocenters. The topological polar surface area (TPSA) is 41.5 Å². The highest BCUT2D eigenvalue weighted by Gasteiger charge is 2.04. The third-order valence-electron chi connectivity index (χ3n) is 2.05. The molecule has 0 aliphatic carbocycles. The fourth-order valence-electron chi connectivity index (χ4n) is 1.25. The van der Waals surface area contributed by atoms with Crippen molar-refractivity contribution in [3.05, 3.63) is 29.3 Å². The van der Waals surface area contributed by atoms with Gasteiger partial charge in [0, 0.05) is 11.6 Å². The van der Waals surface area contributed by atoms with Gasteiger partial charge in [-0.1, -0.05) is 24.6 Å². The highest BCUT2D eigenvalue weighted by Crippen LogP contribution is 2.16. The average Bonchev–Trinajstić information content (AvgIpc) is 2.27. The highest BCUT2D eigenvalue weighted by molar-refractivity contribution is 6.30. The largest absolute Gasteiger partial charge is 0.491 e. The van der Waals surface area contributed by atoms with Gasteiger partial charge in [-0.25, -0.2) is 0 Å². The highest BCUT2D eigenvalue weighted by atomic mass is 35.5. The molecule has 1 aromatic carbocycles. The van der Waals surface area contributed by atoms with Gasteiger partial charge in [-0.3, -0.25) is 0 Å². The smallest absolute Gasteiger partial charge is 0.120 e. The van der Waals surface area contributed by atoms with E-state index in [-0.39, 0.29) is 6.61 Å². The summed E-state index contributed by atoms with van der Waals surface area (Å²) in [6.07, 6.45) is 0.563. The van der Waals surface area contributed by atoms with Crippen LogP contribution in [0.5, 0.6) is 5.75 Å². The van der Waals surface area contributed by atoms with Crippen molar-refractivity contribution in [3.8, 4) is 5.75 Å². The summed E-state index contributed by atoms with van der Waals surface area (Å²) in [5, 5.41) is 13.3.